The number of ether oxygens (including phenoxy) is 1. The van der Waals surface area contributed by atoms with Crippen LogP contribution in [-0.4, -0.2) is 21.7 Å². The summed E-state index contributed by atoms with van der Waals surface area (Å²) in [6.07, 6.45) is 0. The highest BCUT2D eigenvalue weighted by Crippen LogP contribution is 2.16. The van der Waals surface area contributed by atoms with E-state index in [2.05, 4.69) is 10.4 Å². The molecule has 0 radical (unpaired) electrons. The molecule has 0 atom stereocenters. The van der Waals surface area contributed by atoms with Crippen LogP contribution in [0.25, 0.3) is 0 Å². The van der Waals surface area contributed by atoms with Gasteiger partial charge in [-0.1, -0.05) is 30.3 Å². The van der Waals surface area contributed by atoms with Crippen molar-refractivity contribution in [1.29, 1.82) is 0 Å². The number of anilines is 1. The summed E-state index contributed by atoms with van der Waals surface area (Å²) >= 11 is 0. The molecule has 1 amide bonds. The van der Waals surface area contributed by atoms with Crippen molar-refractivity contribution in [3.05, 3.63) is 88.3 Å². The summed E-state index contributed by atoms with van der Waals surface area (Å²) in [5.74, 6) is -0.564. The van der Waals surface area contributed by atoms with Gasteiger partial charge in [-0.25, -0.2) is 9.48 Å². The van der Waals surface area contributed by atoms with Crippen LogP contribution in [0.4, 0.5) is 5.69 Å². The highest BCUT2D eigenvalue weighted by Gasteiger charge is 2.13. The topological polar surface area (TPSA) is 90.3 Å². The van der Waals surface area contributed by atoms with Gasteiger partial charge in [0.2, 0.25) is 5.91 Å². The van der Waals surface area contributed by atoms with Gasteiger partial charge in [-0.05, 0) is 35.9 Å². The number of benzene rings is 2. The van der Waals surface area contributed by atoms with Gasteiger partial charge in [0.05, 0.1) is 6.54 Å². The Labute approximate surface area is 155 Å². The minimum Gasteiger partial charge on any atom is -0.422 e. The lowest BCUT2D eigenvalue weighted by Gasteiger charge is -2.08. The second-order valence-corrected chi connectivity index (χ2v) is 5.80. The molecule has 1 heterocycles. The fourth-order valence-corrected chi connectivity index (χ4v) is 2.40. The van der Waals surface area contributed by atoms with Crippen LogP contribution in [0.1, 0.15) is 23.0 Å². The van der Waals surface area contributed by atoms with Gasteiger partial charge in [0.1, 0.15) is 5.75 Å². The summed E-state index contributed by atoms with van der Waals surface area (Å²) < 4.78 is 6.49. The smallest absolute Gasteiger partial charge is 0.364 e. The van der Waals surface area contributed by atoms with Crippen molar-refractivity contribution in [2.45, 2.75) is 13.5 Å². The molecule has 0 aliphatic rings. The number of carbonyl (C=O) groups excluding carboxylic acids is 2. The van der Waals surface area contributed by atoms with Crippen molar-refractivity contribution in [2.75, 3.05) is 5.32 Å². The lowest BCUT2D eigenvalue weighted by atomic mass is 10.2. The molecule has 0 aliphatic carbocycles. The zero-order chi connectivity index (χ0) is 19.2. The Morgan fingerprint density at radius 2 is 1.70 bits per heavy atom. The van der Waals surface area contributed by atoms with E-state index in [0.717, 1.165) is 5.56 Å². The number of nitrogens with one attached hydrogen (secondary N) is 1. The fraction of sp³-hybridized carbons (Fsp3) is 0.100. The van der Waals surface area contributed by atoms with Crippen molar-refractivity contribution in [2.24, 2.45) is 0 Å². The van der Waals surface area contributed by atoms with Crippen LogP contribution in [0.5, 0.6) is 5.75 Å². The Hall–Kier alpha value is -3.74. The fourth-order valence-electron chi connectivity index (χ4n) is 2.40. The molecular weight excluding hydrogens is 346 g/mol. The molecule has 27 heavy (non-hydrogen) atoms. The predicted molar refractivity (Wildman–Crippen MR) is 99.7 cm³/mol. The van der Waals surface area contributed by atoms with E-state index in [1.807, 2.05) is 30.3 Å². The number of amides is 1. The van der Waals surface area contributed by atoms with Crippen molar-refractivity contribution < 1.29 is 14.3 Å². The molecule has 7 nitrogen and oxygen atoms in total. The minimum absolute atomic E-state index is 0.0245. The van der Waals surface area contributed by atoms with Gasteiger partial charge in [-0.3, -0.25) is 9.59 Å². The van der Waals surface area contributed by atoms with Gasteiger partial charge in [-0.2, -0.15) is 5.10 Å². The lowest BCUT2D eigenvalue weighted by molar-refractivity contribution is -0.114. The van der Waals surface area contributed by atoms with Crippen LogP contribution in [0.3, 0.4) is 0 Å². The van der Waals surface area contributed by atoms with E-state index >= 15 is 0 Å². The summed E-state index contributed by atoms with van der Waals surface area (Å²) in [6, 6.07) is 18.3. The van der Waals surface area contributed by atoms with Crippen LogP contribution in [-0.2, 0) is 11.3 Å². The van der Waals surface area contributed by atoms with Crippen LogP contribution >= 0.6 is 0 Å². The van der Waals surface area contributed by atoms with Crippen molar-refractivity contribution in [3.8, 4) is 5.75 Å². The van der Waals surface area contributed by atoms with Crippen LogP contribution in [0.15, 0.2) is 71.5 Å². The maximum absolute atomic E-state index is 12.3. The second kappa shape index (κ2) is 8.09. The average Bonchev–Trinajstić information content (AvgIpc) is 2.65. The number of rotatable bonds is 5. The first-order valence-corrected chi connectivity index (χ1v) is 8.23. The van der Waals surface area contributed by atoms with E-state index in [4.69, 9.17) is 4.74 Å². The molecule has 0 saturated heterocycles. The maximum atomic E-state index is 12.3. The number of carbonyl (C=O) groups is 2. The number of hydrogen-bond donors (Lipinski definition) is 1. The Bertz CT molecular complexity index is 1010. The molecule has 2 aromatic carbocycles. The van der Waals surface area contributed by atoms with E-state index in [-0.39, 0.29) is 23.7 Å². The molecular formula is C20H17N3O4. The van der Waals surface area contributed by atoms with Gasteiger partial charge in [-0.15, -0.1) is 0 Å². The van der Waals surface area contributed by atoms with Gasteiger partial charge in [0, 0.05) is 18.7 Å². The van der Waals surface area contributed by atoms with Gasteiger partial charge in [0.15, 0.2) is 5.69 Å². The van der Waals surface area contributed by atoms with Crippen molar-refractivity contribution >= 4 is 17.6 Å². The first kappa shape index (κ1) is 18.1. The maximum Gasteiger partial charge on any atom is 0.364 e. The predicted octanol–water partition coefficient (Wildman–Crippen LogP) is 2.47. The highest BCUT2D eigenvalue weighted by atomic mass is 16.5. The Balaban J connectivity index is 1.74. The first-order chi connectivity index (χ1) is 13.0. The SMILES string of the molecule is CC(=O)Nc1ccc(OC(=O)c2ccc(=O)n(Cc3ccccc3)n2)cc1. The molecule has 136 valence electrons. The molecule has 1 N–H and O–H groups in total. The molecule has 0 unspecified atom stereocenters. The van der Waals surface area contributed by atoms with Crippen LogP contribution < -0.4 is 15.6 Å². The zero-order valence-corrected chi connectivity index (χ0v) is 14.6. The molecule has 7 heteroatoms. The van der Waals surface area contributed by atoms with E-state index in [1.165, 1.54) is 23.7 Å². The van der Waals surface area contributed by atoms with Crippen LogP contribution in [0.2, 0.25) is 0 Å². The molecule has 1 aromatic heterocycles. The Morgan fingerprint density at radius 3 is 2.37 bits per heavy atom. The third-order valence-electron chi connectivity index (χ3n) is 3.64. The summed E-state index contributed by atoms with van der Waals surface area (Å²) in [5.41, 5.74) is 1.20. The van der Waals surface area contributed by atoms with Crippen molar-refractivity contribution in [3.63, 3.8) is 0 Å². The molecule has 0 bridgehead atoms. The standard InChI is InChI=1S/C20H17N3O4/c1-14(24)21-16-7-9-17(10-8-16)27-20(26)18-11-12-19(25)23(22-18)13-15-5-3-2-4-6-15/h2-12H,13H2,1H3,(H,21,24). The highest BCUT2D eigenvalue weighted by molar-refractivity contribution is 5.90. The number of aromatic nitrogens is 2. The number of nitrogens with zero attached hydrogens (tertiary/aromatic N) is 2. The Morgan fingerprint density at radius 1 is 1.00 bits per heavy atom. The van der Waals surface area contributed by atoms with E-state index in [9.17, 15) is 14.4 Å². The van der Waals surface area contributed by atoms with Gasteiger partial charge >= 0.3 is 5.97 Å². The average molecular weight is 363 g/mol. The van der Waals surface area contributed by atoms with E-state index in [0.29, 0.717) is 11.4 Å². The van der Waals surface area contributed by atoms with Gasteiger partial charge in [0.25, 0.3) is 5.56 Å². The first-order valence-electron chi connectivity index (χ1n) is 8.23. The summed E-state index contributed by atoms with van der Waals surface area (Å²) in [6.45, 7) is 1.66. The van der Waals surface area contributed by atoms with E-state index < -0.39 is 5.97 Å². The summed E-state index contributed by atoms with van der Waals surface area (Å²) in [7, 11) is 0. The third kappa shape index (κ3) is 4.88. The van der Waals surface area contributed by atoms with Crippen molar-refractivity contribution in [1.82, 2.24) is 9.78 Å². The molecule has 3 aromatic rings. The normalized spacial score (nSPS) is 10.3. The summed E-state index contributed by atoms with van der Waals surface area (Å²) in [5, 5.41) is 6.72. The second-order valence-electron chi connectivity index (χ2n) is 5.80. The third-order valence-corrected chi connectivity index (χ3v) is 3.64. The largest absolute Gasteiger partial charge is 0.422 e. The number of hydrogen-bond acceptors (Lipinski definition) is 5. The molecule has 0 aliphatic heterocycles. The molecule has 0 spiro atoms. The quantitative estimate of drug-likeness (QED) is 0.555. The molecule has 3 rings (SSSR count). The molecule has 0 fully saturated rings. The molecule has 0 saturated carbocycles. The van der Waals surface area contributed by atoms with Crippen LogP contribution in [0, 0.1) is 0 Å². The summed E-state index contributed by atoms with van der Waals surface area (Å²) in [4.78, 5) is 35.3. The zero-order valence-electron chi connectivity index (χ0n) is 14.6. The Kier molecular flexibility index (Phi) is 5.41. The minimum atomic E-state index is -0.677. The lowest BCUT2D eigenvalue weighted by Crippen LogP contribution is -2.26. The monoisotopic (exact) mass is 363 g/mol. The van der Waals surface area contributed by atoms with Gasteiger partial charge < -0.3 is 10.1 Å². The van der Waals surface area contributed by atoms with E-state index in [1.54, 1.807) is 24.3 Å². The number of esters is 1.